The van der Waals surface area contributed by atoms with Gasteiger partial charge in [-0.15, -0.1) is 0 Å². The predicted molar refractivity (Wildman–Crippen MR) is 40.3 cm³/mol. The van der Waals surface area contributed by atoms with Gasteiger partial charge in [0.05, 0.1) is 0 Å². The van der Waals surface area contributed by atoms with E-state index in [4.69, 9.17) is 0 Å². The van der Waals surface area contributed by atoms with E-state index >= 15 is 0 Å². The molecule has 8 heavy (non-hydrogen) atoms. The smallest absolute Gasteiger partial charge is 0.00212 e. The first-order chi connectivity index (χ1) is 3.79. The van der Waals surface area contributed by atoms with Gasteiger partial charge in [-0.2, -0.15) is 11.8 Å². The van der Waals surface area contributed by atoms with Gasteiger partial charge in [0.25, 0.3) is 0 Å². The van der Waals surface area contributed by atoms with Crippen molar-refractivity contribution in [2.24, 2.45) is 5.92 Å². The normalized spacial score (nSPS) is 39.8. The summed E-state index contributed by atoms with van der Waals surface area (Å²) >= 11 is 2.12. The van der Waals surface area contributed by atoms with Crippen molar-refractivity contribution in [3.63, 3.8) is 0 Å². The first-order valence-corrected chi connectivity index (χ1v) is 4.45. The number of rotatable bonds is 0. The topological polar surface area (TPSA) is 0 Å². The Bertz CT molecular complexity index is 62.8. The van der Waals surface area contributed by atoms with Crippen LogP contribution in [0.3, 0.4) is 0 Å². The molecule has 0 aromatic carbocycles. The van der Waals surface area contributed by atoms with Crippen molar-refractivity contribution >= 4 is 11.8 Å². The van der Waals surface area contributed by atoms with Gasteiger partial charge >= 0.3 is 0 Å². The van der Waals surface area contributed by atoms with E-state index in [0.29, 0.717) is 0 Å². The second-order valence-corrected chi connectivity index (χ2v) is 4.36. The minimum Gasteiger partial charge on any atom is -0.159 e. The highest BCUT2D eigenvalue weighted by Crippen LogP contribution is 2.28. The van der Waals surface area contributed by atoms with E-state index < -0.39 is 0 Å². The summed E-state index contributed by atoms with van der Waals surface area (Å²) in [5, 5.41) is 0.929. The van der Waals surface area contributed by atoms with Crippen LogP contribution in [0.25, 0.3) is 0 Å². The molecule has 1 aliphatic rings. The van der Waals surface area contributed by atoms with Gasteiger partial charge in [0, 0.05) is 5.25 Å². The van der Waals surface area contributed by atoms with Crippen LogP contribution in [0.2, 0.25) is 0 Å². The number of hydrogen-bond donors (Lipinski definition) is 0. The summed E-state index contributed by atoms with van der Waals surface area (Å²) < 4.78 is 0. The maximum Gasteiger partial charge on any atom is 0.00212 e. The Morgan fingerprint density at radius 2 is 2.12 bits per heavy atom. The molecule has 2 atom stereocenters. The van der Waals surface area contributed by atoms with Crippen LogP contribution in [0.1, 0.15) is 26.7 Å². The fourth-order valence-electron chi connectivity index (χ4n) is 1.22. The molecule has 1 heteroatoms. The van der Waals surface area contributed by atoms with Crippen molar-refractivity contribution in [1.29, 1.82) is 0 Å². The standard InChI is InChI=1S/C7H14S/c1-6-3-4-8-7(2)5-6/h6-7H,3-5H2,1-2H3/t6-,7-/m1/s1. The lowest BCUT2D eigenvalue weighted by molar-refractivity contribution is 0.504. The molecule has 0 aliphatic carbocycles. The molecule has 1 aliphatic heterocycles. The van der Waals surface area contributed by atoms with E-state index in [0.717, 1.165) is 11.2 Å². The lowest BCUT2D eigenvalue weighted by Crippen LogP contribution is -2.12. The predicted octanol–water partition coefficient (Wildman–Crippen LogP) is 2.54. The highest BCUT2D eigenvalue weighted by atomic mass is 32.2. The van der Waals surface area contributed by atoms with Crippen LogP contribution in [0.4, 0.5) is 0 Å². The SMILES string of the molecule is C[C@@H]1CCS[C@H](C)C1. The summed E-state index contributed by atoms with van der Waals surface area (Å²) in [6, 6.07) is 0. The van der Waals surface area contributed by atoms with Crippen molar-refractivity contribution in [2.45, 2.75) is 31.9 Å². The van der Waals surface area contributed by atoms with Crippen LogP contribution < -0.4 is 0 Å². The Morgan fingerprint density at radius 1 is 1.38 bits per heavy atom. The van der Waals surface area contributed by atoms with Crippen LogP contribution in [-0.4, -0.2) is 11.0 Å². The van der Waals surface area contributed by atoms with Gasteiger partial charge in [0.2, 0.25) is 0 Å². The largest absolute Gasteiger partial charge is 0.159 e. The van der Waals surface area contributed by atoms with Gasteiger partial charge in [-0.05, 0) is 24.5 Å². The average Bonchev–Trinajstić information content (AvgIpc) is 1.64. The molecule has 1 saturated heterocycles. The highest BCUT2D eigenvalue weighted by molar-refractivity contribution is 7.99. The van der Waals surface area contributed by atoms with E-state index in [-0.39, 0.29) is 0 Å². The van der Waals surface area contributed by atoms with Crippen molar-refractivity contribution in [3.8, 4) is 0 Å². The van der Waals surface area contributed by atoms with Crippen molar-refractivity contribution in [2.75, 3.05) is 5.75 Å². The lowest BCUT2D eigenvalue weighted by atomic mass is 10.0. The molecule has 0 unspecified atom stereocenters. The highest BCUT2D eigenvalue weighted by Gasteiger charge is 2.14. The molecule has 0 aromatic heterocycles. The van der Waals surface area contributed by atoms with E-state index in [2.05, 4.69) is 25.6 Å². The van der Waals surface area contributed by atoms with Crippen molar-refractivity contribution in [1.82, 2.24) is 0 Å². The van der Waals surface area contributed by atoms with Crippen LogP contribution >= 0.6 is 11.8 Å². The quantitative estimate of drug-likeness (QED) is 0.485. The first-order valence-electron chi connectivity index (χ1n) is 3.40. The molecule has 0 saturated carbocycles. The van der Waals surface area contributed by atoms with Crippen LogP contribution in [-0.2, 0) is 0 Å². The van der Waals surface area contributed by atoms with Gasteiger partial charge in [-0.3, -0.25) is 0 Å². The number of hydrogen-bond acceptors (Lipinski definition) is 1. The third-order valence-corrected chi connectivity index (χ3v) is 2.98. The summed E-state index contributed by atoms with van der Waals surface area (Å²) in [4.78, 5) is 0. The van der Waals surface area contributed by atoms with Crippen LogP contribution in [0.5, 0.6) is 0 Å². The zero-order valence-corrected chi connectivity index (χ0v) is 6.50. The van der Waals surface area contributed by atoms with Gasteiger partial charge < -0.3 is 0 Å². The monoisotopic (exact) mass is 130 g/mol. The molecule has 0 radical (unpaired) electrons. The third kappa shape index (κ3) is 1.70. The summed E-state index contributed by atoms with van der Waals surface area (Å²) in [5.74, 6) is 2.38. The van der Waals surface area contributed by atoms with Crippen molar-refractivity contribution in [3.05, 3.63) is 0 Å². The molecule has 1 heterocycles. The third-order valence-electron chi connectivity index (χ3n) is 1.75. The van der Waals surface area contributed by atoms with Crippen molar-refractivity contribution < 1.29 is 0 Å². The molecule has 0 spiro atoms. The Balaban J connectivity index is 2.23. The van der Waals surface area contributed by atoms with E-state index in [1.165, 1.54) is 18.6 Å². The number of thioether (sulfide) groups is 1. The second kappa shape index (κ2) is 2.77. The maximum atomic E-state index is 2.36. The van der Waals surface area contributed by atoms with Crippen LogP contribution in [0.15, 0.2) is 0 Å². The minimum absolute atomic E-state index is 0.929. The first kappa shape index (κ1) is 6.47. The molecule has 0 nitrogen and oxygen atoms in total. The van der Waals surface area contributed by atoms with Gasteiger partial charge in [-0.1, -0.05) is 13.8 Å². The van der Waals surface area contributed by atoms with E-state index in [1.54, 1.807) is 0 Å². The zero-order chi connectivity index (χ0) is 5.98. The second-order valence-electron chi connectivity index (χ2n) is 2.81. The summed E-state index contributed by atoms with van der Waals surface area (Å²) in [6.07, 6.45) is 2.87. The van der Waals surface area contributed by atoms with Gasteiger partial charge in [0.15, 0.2) is 0 Å². The Kier molecular flexibility index (Phi) is 2.24. The molecular weight excluding hydrogens is 116 g/mol. The fourth-order valence-corrected chi connectivity index (χ4v) is 2.63. The maximum absolute atomic E-state index is 2.36. The fraction of sp³-hybridized carbons (Fsp3) is 1.00. The molecule has 1 fully saturated rings. The molecule has 0 bridgehead atoms. The zero-order valence-electron chi connectivity index (χ0n) is 5.68. The van der Waals surface area contributed by atoms with E-state index in [9.17, 15) is 0 Å². The minimum atomic E-state index is 0.929. The van der Waals surface area contributed by atoms with Crippen LogP contribution in [0, 0.1) is 5.92 Å². The molecule has 1 rings (SSSR count). The Labute approximate surface area is 56.0 Å². The summed E-state index contributed by atoms with van der Waals surface area (Å²) in [5.41, 5.74) is 0. The van der Waals surface area contributed by atoms with Gasteiger partial charge in [0.1, 0.15) is 0 Å². The summed E-state index contributed by atoms with van der Waals surface area (Å²) in [7, 11) is 0. The molecule has 0 amide bonds. The molecular formula is C7H14S. The Morgan fingerprint density at radius 3 is 2.50 bits per heavy atom. The summed E-state index contributed by atoms with van der Waals surface area (Å²) in [6.45, 7) is 4.69. The Hall–Kier alpha value is 0.350. The van der Waals surface area contributed by atoms with Gasteiger partial charge in [-0.25, -0.2) is 0 Å². The molecule has 0 N–H and O–H groups in total. The molecule has 48 valence electrons. The molecule has 0 aromatic rings. The van der Waals surface area contributed by atoms with E-state index in [1.807, 2.05) is 0 Å². The lowest BCUT2D eigenvalue weighted by Gasteiger charge is -2.22. The average molecular weight is 130 g/mol.